The summed E-state index contributed by atoms with van der Waals surface area (Å²) in [6.45, 7) is 0. The summed E-state index contributed by atoms with van der Waals surface area (Å²) in [4.78, 5) is 2.26. The van der Waals surface area contributed by atoms with Crippen LogP contribution in [-0.4, -0.2) is 0 Å². The van der Waals surface area contributed by atoms with Crippen molar-refractivity contribution in [2.75, 3.05) is 4.90 Å². The second-order valence-electron chi connectivity index (χ2n) is 12.9. The number of rotatable bonds is 3. The van der Waals surface area contributed by atoms with E-state index < -0.39 is 0 Å². The second-order valence-corrected chi connectivity index (χ2v) is 12.9. The van der Waals surface area contributed by atoms with E-state index >= 15 is 0 Å². The van der Waals surface area contributed by atoms with Crippen molar-refractivity contribution in [3.63, 3.8) is 0 Å². The molecule has 0 aliphatic carbocycles. The molecule has 0 saturated heterocycles. The summed E-state index contributed by atoms with van der Waals surface area (Å²) in [5.41, 5.74) is 10.0. The van der Waals surface area contributed by atoms with E-state index in [9.17, 15) is 0 Å². The van der Waals surface area contributed by atoms with Gasteiger partial charge in [-0.3, -0.25) is 4.90 Å². The highest BCUT2D eigenvalue weighted by molar-refractivity contribution is 6.25. The lowest BCUT2D eigenvalue weighted by atomic mass is 9.89. The molecular weight excluding hydrogens is 599 g/mol. The van der Waals surface area contributed by atoms with E-state index in [0.29, 0.717) is 0 Å². The molecule has 11 rings (SSSR count). The molecule has 3 heteroatoms. The van der Waals surface area contributed by atoms with Crippen molar-refractivity contribution in [1.82, 2.24) is 0 Å². The van der Waals surface area contributed by atoms with Gasteiger partial charge < -0.3 is 9.47 Å². The van der Waals surface area contributed by atoms with Crippen molar-refractivity contribution in [1.29, 1.82) is 0 Å². The molecule has 0 bridgehead atoms. The highest BCUT2D eigenvalue weighted by Crippen LogP contribution is 2.59. The molecule has 0 amide bonds. The van der Waals surface area contributed by atoms with Gasteiger partial charge in [0.15, 0.2) is 23.0 Å². The van der Waals surface area contributed by atoms with Gasteiger partial charge in [0.2, 0.25) is 0 Å². The van der Waals surface area contributed by atoms with E-state index in [-0.39, 0.29) is 0 Å². The zero-order valence-electron chi connectivity index (χ0n) is 26.4. The van der Waals surface area contributed by atoms with Crippen LogP contribution in [0.5, 0.6) is 23.0 Å². The molecule has 0 saturated carbocycles. The molecule has 0 N–H and O–H groups in total. The number of ether oxygens (including phenoxy) is 2. The minimum absolute atomic E-state index is 0.785. The Balaban J connectivity index is 0.993. The molecule has 2 heterocycles. The van der Waals surface area contributed by atoms with Gasteiger partial charge in [-0.15, -0.1) is 0 Å². The van der Waals surface area contributed by atoms with E-state index in [1.54, 1.807) is 0 Å². The zero-order chi connectivity index (χ0) is 32.1. The number of hydrogen-bond donors (Lipinski definition) is 0. The fraction of sp³-hybridized carbons (Fsp3) is 0. The second kappa shape index (κ2) is 9.96. The molecule has 0 aromatic heterocycles. The van der Waals surface area contributed by atoms with Gasteiger partial charge in [-0.05, 0) is 102 Å². The SMILES string of the molecule is c1ccc2c(c1)Oc1cccc3c1N2c1ccc(-c2ccccc2-c2ccc(-c4ccc5ccc6cccc7ccc4c5c67)cc2)cc1O3. The number of anilines is 3. The summed E-state index contributed by atoms with van der Waals surface area (Å²) < 4.78 is 12.8. The maximum atomic E-state index is 6.57. The maximum Gasteiger partial charge on any atom is 0.155 e. The lowest BCUT2D eigenvalue weighted by molar-refractivity contribution is 0.446. The van der Waals surface area contributed by atoms with Crippen molar-refractivity contribution in [3.05, 3.63) is 164 Å². The Morgan fingerprint density at radius 2 is 0.898 bits per heavy atom. The Bertz CT molecular complexity index is 2760. The molecule has 49 heavy (non-hydrogen) atoms. The van der Waals surface area contributed by atoms with Crippen LogP contribution >= 0.6 is 0 Å². The van der Waals surface area contributed by atoms with E-state index in [4.69, 9.17) is 9.47 Å². The molecule has 0 unspecified atom stereocenters. The summed E-state index contributed by atoms with van der Waals surface area (Å²) in [6.07, 6.45) is 0. The minimum Gasteiger partial charge on any atom is -0.453 e. The van der Waals surface area contributed by atoms with Crippen LogP contribution in [0.2, 0.25) is 0 Å². The van der Waals surface area contributed by atoms with E-state index in [1.165, 1.54) is 54.6 Å². The summed E-state index contributed by atoms with van der Waals surface area (Å²) >= 11 is 0. The van der Waals surface area contributed by atoms with Crippen LogP contribution in [-0.2, 0) is 0 Å². The molecule has 2 aliphatic heterocycles. The van der Waals surface area contributed by atoms with Crippen molar-refractivity contribution in [2.45, 2.75) is 0 Å². The highest BCUT2D eigenvalue weighted by Gasteiger charge is 2.34. The van der Waals surface area contributed by atoms with E-state index in [1.807, 2.05) is 36.4 Å². The third kappa shape index (κ3) is 3.84. The van der Waals surface area contributed by atoms with E-state index in [0.717, 1.165) is 51.2 Å². The number of nitrogens with zero attached hydrogens (tertiary/aromatic N) is 1. The Morgan fingerprint density at radius 1 is 0.347 bits per heavy atom. The van der Waals surface area contributed by atoms with Crippen LogP contribution in [0.4, 0.5) is 17.1 Å². The molecule has 9 aromatic carbocycles. The number of fused-ring (bicyclic) bond motifs is 4. The molecule has 9 aromatic rings. The van der Waals surface area contributed by atoms with Crippen molar-refractivity contribution in [3.8, 4) is 56.4 Å². The fourth-order valence-corrected chi connectivity index (χ4v) is 7.97. The normalized spacial score (nSPS) is 12.8. The van der Waals surface area contributed by atoms with Crippen LogP contribution in [0.1, 0.15) is 0 Å². The average molecular weight is 626 g/mol. The lowest BCUT2D eigenvalue weighted by Gasteiger charge is -2.37. The molecule has 228 valence electrons. The van der Waals surface area contributed by atoms with Crippen LogP contribution in [0.25, 0.3) is 65.7 Å². The molecular formula is C46H27NO2. The van der Waals surface area contributed by atoms with Crippen molar-refractivity contribution in [2.24, 2.45) is 0 Å². The van der Waals surface area contributed by atoms with Gasteiger partial charge in [0.1, 0.15) is 5.69 Å². The van der Waals surface area contributed by atoms with Gasteiger partial charge in [-0.1, -0.05) is 127 Å². The van der Waals surface area contributed by atoms with E-state index in [2.05, 4.69) is 132 Å². The lowest BCUT2D eigenvalue weighted by Crippen LogP contribution is -2.20. The summed E-state index contributed by atoms with van der Waals surface area (Å²) in [5, 5.41) is 7.84. The van der Waals surface area contributed by atoms with Crippen LogP contribution < -0.4 is 14.4 Å². The molecule has 2 aliphatic rings. The standard InChI is InChI=1S/C46H27NO2/c1-2-10-35(33-23-26-39-43(27-33)49-42-14-6-13-41-46(42)47(39)38-11-3-4-12-40(38)48-41)34(9-1)28-15-17-29(18-16-28)36-24-21-32-20-19-30-7-5-8-31-22-25-37(36)45(32)44(30)31/h1-27H. The predicted molar refractivity (Wildman–Crippen MR) is 201 cm³/mol. The largest absolute Gasteiger partial charge is 0.453 e. The predicted octanol–water partition coefficient (Wildman–Crippen LogP) is 13.3. The molecule has 0 fully saturated rings. The maximum absolute atomic E-state index is 6.57. The van der Waals surface area contributed by atoms with Crippen molar-refractivity contribution >= 4 is 49.4 Å². The molecule has 0 atom stereocenters. The van der Waals surface area contributed by atoms with Crippen LogP contribution in [0.3, 0.4) is 0 Å². The van der Waals surface area contributed by atoms with Crippen LogP contribution in [0.15, 0.2) is 164 Å². The summed E-state index contributed by atoms with van der Waals surface area (Å²) in [5.74, 6) is 3.23. The van der Waals surface area contributed by atoms with Gasteiger partial charge >= 0.3 is 0 Å². The number of benzene rings is 9. The number of hydrogen-bond acceptors (Lipinski definition) is 3. The average Bonchev–Trinajstić information content (AvgIpc) is 3.16. The highest BCUT2D eigenvalue weighted by atomic mass is 16.5. The Kier molecular flexibility index (Phi) is 5.38. The topological polar surface area (TPSA) is 21.7 Å². The first-order chi connectivity index (χ1) is 24.3. The third-order valence-corrected chi connectivity index (χ3v) is 10.2. The first-order valence-corrected chi connectivity index (χ1v) is 16.7. The quantitative estimate of drug-likeness (QED) is 0.182. The smallest absolute Gasteiger partial charge is 0.155 e. The summed E-state index contributed by atoms with van der Waals surface area (Å²) in [7, 11) is 0. The first-order valence-electron chi connectivity index (χ1n) is 16.7. The van der Waals surface area contributed by atoms with Gasteiger partial charge in [-0.25, -0.2) is 0 Å². The molecule has 0 radical (unpaired) electrons. The first kappa shape index (κ1) is 26.5. The van der Waals surface area contributed by atoms with Crippen LogP contribution in [0, 0.1) is 0 Å². The van der Waals surface area contributed by atoms with Gasteiger partial charge in [0.25, 0.3) is 0 Å². The van der Waals surface area contributed by atoms with Gasteiger partial charge in [0, 0.05) is 0 Å². The van der Waals surface area contributed by atoms with Crippen molar-refractivity contribution < 1.29 is 9.47 Å². The fourth-order valence-electron chi connectivity index (χ4n) is 7.97. The van der Waals surface area contributed by atoms with Gasteiger partial charge in [0.05, 0.1) is 11.4 Å². The zero-order valence-corrected chi connectivity index (χ0v) is 26.4. The Labute approximate surface area is 283 Å². The minimum atomic E-state index is 0.785. The Hall–Kier alpha value is -6.58. The summed E-state index contributed by atoms with van der Waals surface area (Å²) in [6, 6.07) is 58.5. The monoisotopic (exact) mass is 625 g/mol. The number of para-hydroxylation sites is 3. The van der Waals surface area contributed by atoms with Gasteiger partial charge in [-0.2, -0.15) is 0 Å². The molecule has 0 spiro atoms. The third-order valence-electron chi connectivity index (χ3n) is 10.2. The Morgan fingerprint density at radius 3 is 1.69 bits per heavy atom. The molecule has 3 nitrogen and oxygen atoms in total.